The van der Waals surface area contributed by atoms with Crippen LogP contribution < -0.4 is 10.6 Å². The van der Waals surface area contributed by atoms with Crippen LogP contribution in [0.4, 0.5) is 10.8 Å². The zero-order valence-electron chi connectivity index (χ0n) is 9.01. The van der Waals surface area contributed by atoms with E-state index >= 15 is 0 Å². The van der Waals surface area contributed by atoms with Gasteiger partial charge in [0.05, 0.1) is 0 Å². The number of thiazole rings is 1. The van der Waals surface area contributed by atoms with Crippen molar-refractivity contribution in [3.63, 3.8) is 0 Å². The third-order valence-corrected chi connectivity index (χ3v) is 3.47. The number of carbonyl (C=O) groups is 1. The quantitative estimate of drug-likeness (QED) is 0.823. The number of thiocarbonyl (C=S) groups is 1. The molecule has 0 bridgehead atoms. The number of rotatable bonds is 2. The largest absolute Gasteiger partial charge is 0.342 e. The van der Waals surface area contributed by atoms with Crippen molar-refractivity contribution in [1.82, 2.24) is 4.98 Å². The van der Waals surface area contributed by atoms with Crippen molar-refractivity contribution < 1.29 is 4.79 Å². The molecule has 0 aliphatic heterocycles. The molecule has 0 saturated carbocycles. The van der Waals surface area contributed by atoms with E-state index in [0.717, 1.165) is 10.2 Å². The molecule has 7 heteroatoms. The van der Waals surface area contributed by atoms with Crippen molar-refractivity contribution >= 4 is 61.2 Å². The second-order valence-corrected chi connectivity index (χ2v) is 5.47. The summed E-state index contributed by atoms with van der Waals surface area (Å²) in [5.41, 5.74) is 0.762. The van der Waals surface area contributed by atoms with Gasteiger partial charge in [0.1, 0.15) is 0 Å². The fraction of sp³-hybridized carbons (Fsp3) is 0. The minimum Gasteiger partial charge on any atom is -0.342 e. The number of benzene rings is 1. The van der Waals surface area contributed by atoms with Crippen molar-refractivity contribution in [3.05, 3.63) is 40.3 Å². The first-order chi connectivity index (χ1) is 8.65. The Morgan fingerprint density at radius 3 is 2.61 bits per heavy atom. The molecule has 2 aromatic rings. The molecule has 18 heavy (non-hydrogen) atoms. The highest BCUT2D eigenvalue weighted by Gasteiger charge is 2.10. The molecule has 1 heterocycles. The molecule has 1 aromatic carbocycles. The zero-order chi connectivity index (χ0) is 13.0. The topological polar surface area (TPSA) is 54.0 Å². The summed E-state index contributed by atoms with van der Waals surface area (Å²) in [6, 6.07) is 7.38. The van der Waals surface area contributed by atoms with Gasteiger partial charge in [0.25, 0.3) is 5.91 Å². The first-order valence-electron chi connectivity index (χ1n) is 4.92. The number of hydrogen-bond donors (Lipinski definition) is 2. The van der Waals surface area contributed by atoms with E-state index in [2.05, 4.69) is 31.5 Å². The van der Waals surface area contributed by atoms with Crippen molar-refractivity contribution in [2.24, 2.45) is 0 Å². The number of aromatic nitrogens is 1. The molecule has 0 saturated heterocycles. The van der Waals surface area contributed by atoms with Gasteiger partial charge in [-0.3, -0.25) is 10.1 Å². The Hall–Kier alpha value is -1.31. The van der Waals surface area contributed by atoms with E-state index in [4.69, 9.17) is 12.2 Å². The predicted molar refractivity (Wildman–Crippen MR) is 81.1 cm³/mol. The maximum atomic E-state index is 11.7. The molecule has 0 aliphatic carbocycles. The summed E-state index contributed by atoms with van der Waals surface area (Å²) in [6.45, 7) is 0. The van der Waals surface area contributed by atoms with Crippen molar-refractivity contribution in [2.75, 3.05) is 10.6 Å². The van der Waals surface area contributed by atoms with Crippen LogP contribution in [0.1, 0.15) is 0 Å². The standard InChI is InChI=1S/C11H8BrN3OS2/c12-7-1-3-8(4-2-7)14-10(17)9(16)15-11-13-5-6-18-11/h1-6H,(H,14,17)(H,13,15,16). The molecule has 0 aliphatic rings. The highest BCUT2D eigenvalue weighted by Crippen LogP contribution is 2.15. The van der Waals surface area contributed by atoms with E-state index in [9.17, 15) is 4.79 Å². The molecule has 1 aromatic heterocycles. The van der Waals surface area contributed by atoms with Crippen LogP contribution in [0.15, 0.2) is 40.3 Å². The van der Waals surface area contributed by atoms with Crippen LogP contribution in [-0.4, -0.2) is 15.9 Å². The maximum absolute atomic E-state index is 11.7. The Bertz CT molecular complexity index is 554. The molecule has 4 nitrogen and oxygen atoms in total. The molecule has 0 unspecified atom stereocenters. The van der Waals surface area contributed by atoms with Gasteiger partial charge in [0.2, 0.25) is 0 Å². The van der Waals surface area contributed by atoms with E-state index in [1.165, 1.54) is 11.3 Å². The van der Waals surface area contributed by atoms with E-state index < -0.39 is 0 Å². The SMILES string of the molecule is O=C(Nc1nccs1)C(=S)Nc1ccc(Br)cc1. The summed E-state index contributed by atoms with van der Waals surface area (Å²) < 4.78 is 0.964. The van der Waals surface area contributed by atoms with Crippen molar-refractivity contribution in [1.29, 1.82) is 0 Å². The monoisotopic (exact) mass is 341 g/mol. The normalized spacial score (nSPS) is 9.83. The van der Waals surface area contributed by atoms with Gasteiger partial charge in [-0.25, -0.2) is 4.98 Å². The molecular formula is C11H8BrN3OS2. The second kappa shape index (κ2) is 6.03. The summed E-state index contributed by atoms with van der Waals surface area (Å²) in [4.78, 5) is 15.8. The molecule has 2 rings (SSSR count). The highest BCUT2D eigenvalue weighted by atomic mass is 79.9. The molecule has 0 atom stereocenters. The Balaban J connectivity index is 1.95. The van der Waals surface area contributed by atoms with Gasteiger partial charge < -0.3 is 5.32 Å². The number of carbonyl (C=O) groups excluding carboxylic acids is 1. The minimum absolute atomic E-state index is 0.104. The lowest BCUT2D eigenvalue weighted by atomic mass is 10.3. The van der Waals surface area contributed by atoms with Crippen molar-refractivity contribution in [3.8, 4) is 0 Å². The second-order valence-electron chi connectivity index (χ2n) is 3.25. The lowest BCUT2D eigenvalue weighted by Crippen LogP contribution is -2.27. The lowest BCUT2D eigenvalue weighted by Gasteiger charge is -2.07. The van der Waals surface area contributed by atoms with Crippen LogP contribution >= 0.6 is 39.5 Å². The first-order valence-corrected chi connectivity index (χ1v) is 7.00. The van der Waals surface area contributed by atoms with E-state index in [1.807, 2.05) is 24.3 Å². The molecule has 1 amide bonds. The number of nitrogens with zero attached hydrogens (tertiary/aromatic N) is 1. The van der Waals surface area contributed by atoms with Crippen LogP contribution in [0.25, 0.3) is 0 Å². The van der Waals surface area contributed by atoms with E-state index in [1.54, 1.807) is 11.6 Å². The van der Waals surface area contributed by atoms with Gasteiger partial charge in [-0.15, -0.1) is 11.3 Å². The van der Waals surface area contributed by atoms with Gasteiger partial charge in [-0.05, 0) is 24.3 Å². The highest BCUT2D eigenvalue weighted by molar-refractivity contribution is 9.10. The number of hydrogen-bond acceptors (Lipinski definition) is 4. The Kier molecular flexibility index (Phi) is 4.40. The van der Waals surface area contributed by atoms with E-state index in [-0.39, 0.29) is 10.9 Å². The van der Waals surface area contributed by atoms with Crippen LogP contribution in [-0.2, 0) is 4.79 Å². The van der Waals surface area contributed by atoms with E-state index in [0.29, 0.717) is 5.13 Å². The average Bonchev–Trinajstić information content (AvgIpc) is 2.85. The third kappa shape index (κ3) is 3.59. The van der Waals surface area contributed by atoms with Crippen molar-refractivity contribution in [2.45, 2.75) is 0 Å². The number of halogens is 1. The first kappa shape index (κ1) is 13.1. The molecule has 0 spiro atoms. The van der Waals surface area contributed by atoms with Gasteiger partial charge in [0, 0.05) is 21.7 Å². The summed E-state index contributed by atoms with van der Waals surface area (Å²) in [5.74, 6) is -0.372. The van der Waals surface area contributed by atoms with Crippen LogP contribution in [0.3, 0.4) is 0 Å². The molecule has 92 valence electrons. The minimum atomic E-state index is -0.372. The Morgan fingerprint density at radius 1 is 1.28 bits per heavy atom. The fourth-order valence-corrected chi connectivity index (χ4v) is 2.12. The Labute approximate surface area is 122 Å². The number of amides is 1. The van der Waals surface area contributed by atoms with Gasteiger partial charge >= 0.3 is 0 Å². The molecule has 0 fully saturated rings. The van der Waals surface area contributed by atoms with Gasteiger partial charge in [-0.1, -0.05) is 28.1 Å². The van der Waals surface area contributed by atoms with Crippen LogP contribution in [0, 0.1) is 0 Å². The summed E-state index contributed by atoms with van der Waals surface area (Å²) in [7, 11) is 0. The average molecular weight is 342 g/mol. The smallest absolute Gasteiger partial charge is 0.285 e. The Morgan fingerprint density at radius 2 is 2.00 bits per heavy atom. The molecule has 0 radical (unpaired) electrons. The van der Waals surface area contributed by atoms with Gasteiger partial charge in [0.15, 0.2) is 10.1 Å². The maximum Gasteiger partial charge on any atom is 0.285 e. The third-order valence-electron chi connectivity index (χ3n) is 1.96. The predicted octanol–water partition coefficient (Wildman–Crippen LogP) is 3.28. The summed E-state index contributed by atoms with van der Waals surface area (Å²) >= 11 is 9.68. The molecule has 2 N–H and O–H groups in total. The summed E-state index contributed by atoms with van der Waals surface area (Å²) in [6.07, 6.45) is 1.62. The van der Waals surface area contributed by atoms with Gasteiger partial charge in [-0.2, -0.15) is 0 Å². The number of nitrogens with one attached hydrogen (secondary N) is 2. The number of anilines is 2. The fourth-order valence-electron chi connectivity index (χ4n) is 1.16. The molecular weight excluding hydrogens is 334 g/mol. The zero-order valence-corrected chi connectivity index (χ0v) is 12.2. The van der Waals surface area contributed by atoms with Crippen LogP contribution in [0.2, 0.25) is 0 Å². The van der Waals surface area contributed by atoms with Crippen LogP contribution in [0.5, 0.6) is 0 Å². The summed E-state index contributed by atoms with van der Waals surface area (Å²) in [5, 5.41) is 7.77. The lowest BCUT2D eigenvalue weighted by molar-refractivity contribution is -0.110.